The number of unbranched alkanes of at least 4 members (excludes halogenated alkanes) is 30. The van der Waals surface area contributed by atoms with Crippen molar-refractivity contribution in [2.75, 3.05) is 39.6 Å². The molecule has 0 aliphatic carbocycles. The first-order valence-electron chi connectivity index (χ1n) is 38.5. The van der Waals surface area contributed by atoms with E-state index in [1.54, 1.807) is 0 Å². The summed E-state index contributed by atoms with van der Waals surface area (Å²) in [5, 5.41) is 10.6. The molecule has 0 radical (unpaired) electrons. The fourth-order valence-corrected chi connectivity index (χ4v) is 11.8. The van der Waals surface area contributed by atoms with Gasteiger partial charge in [-0.3, -0.25) is 37.3 Å². The molecule has 5 unspecified atom stereocenters. The Bertz CT molecular complexity index is 2240. The van der Waals surface area contributed by atoms with Gasteiger partial charge in [0, 0.05) is 25.7 Å². The van der Waals surface area contributed by atoms with Crippen molar-refractivity contribution in [3.63, 3.8) is 0 Å². The molecule has 0 amide bonds. The maximum absolute atomic E-state index is 13.1. The fraction of sp³-hybridized carbons (Fsp3) is 0.747. The Morgan fingerprint density at radius 3 is 0.837 bits per heavy atom. The average molecular weight is 1420 g/mol. The second kappa shape index (κ2) is 71.4. The van der Waals surface area contributed by atoms with Crippen LogP contribution in [0.3, 0.4) is 0 Å². The van der Waals surface area contributed by atoms with Gasteiger partial charge in [0.15, 0.2) is 12.2 Å². The second-order valence-corrected chi connectivity index (χ2v) is 28.4. The molecule has 0 aliphatic rings. The van der Waals surface area contributed by atoms with Crippen LogP contribution in [-0.2, 0) is 65.4 Å². The van der Waals surface area contributed by atoms with Crippen molar-refractivity contribution in [3.05, 3.63) is 97.2 Å². The Morgan fingerprint density at radius 1 is 0.296 bits per heavy atom. The van der Waals surface area contributed by atoms with Gasteiger partial charge in [-0.2, -0.15) is 0 Å². The number of allylic oxidation sites excluding steroid dienone is 16. The number of hydrogen-bond donors (Lipinski definition) is 3. The first-order chi connectivity index (χ1) is 47.7. The zero-order valence-electron chi connectivity index (χ0n) is 61.7. The van der Waals surface area contributed by atoms with Gasteiger partial charge >= 0.3 is 39.5 Å². The second-order valence-electron chi connectivity index (χ2n) is 25.5. The van der Waals surface area contributed by atoms with Crippen molar-refractivity contribution >= 4 is 39.5 Å². The number of esters is 4. The lowest BCUT2D eigenvalue weighted by Gasteiger charge is -2.21. The van der Waals surface area contributed by atoms with Crippen LogP contribution in [0, 0.1) is 0 Å². The summed E-state index contributed by atoms with van der Waals surface area (Å²) in [6.45, 7) is 4.61. The van der Waals surface area contributed by atoms with Gasteiger partial charge in [0.1, 0.15) is 19.3 Å². The summed E-state index contributed by atoms with van der Waals surface area (Å²) in [6, 6.07) is 0. The van der Waals surface area contributed by atoms with Gasteiger partial charge in [-0.05, 0) is 122 Å². The topological polar surface area (TPSA) is 237 Å². The summed E-state index contributed by atoms with van der Waals surface area (Å²) in [5.74, 6) is -2.20. The third-order valence-electron chi connectivity index (χ3n) is 16.0. The summed E-state index contributed by atoms with van der Waals surface area (Å²) >= 11 is 0. The third kappa shape index (κ3) is 70.4. The van der Waals surface area contributed by atoms with E-state index in [0.29, 0.717) is 25.7 Å². The van der Waals surface area contributed by atoms with Crippen LogP contribution < -0.4 is 0 Å². The molecule has 0 aromatic carbocycles. The van der Waals surface area contributed by atoms with Gasteiger partial charge < -0.3 is 33.8 Å². The predicted octanol–water partition coefficient (Wildman–Crippen LogP) is 22.0. The van der Waals surface area contributed by atoms with Crippen molar-refractivity contribution < 1.29 is 80.2 Å². The Balaban J connectivity index is 5.32. The van der Waals surface area contributed by atoms with Gasteiger partial charge in [-0.15, -0.1) is 0 Å². The Morgan fingerprint density at radius 2 is 0.531 bits per heavy atom. The highest BCUT2D eigenvalue weighted by Crippen LogP contribution is 2.45. The highest BCUT2D eigenvalue weighted by molar-refractivity contribution is 7.47. The fourth-order valence-electron chi connectivity index (χ4n) is 10.2. The van der Waals surface area contributed by atoms with E-state index < -0.39 is 97.5 Å². The summed E-state index contributed by atoms with van der Waals surface area (Å²) in [7, 11) is -9.95. The molecule has 0 bridgehead atoms. The lowest BCUT2D eigenvalue weighted by atomic mass is 10.1. The molecule has 566 valence electrons. The van der Waals surface area contributed by atoms with E-state index in [4.69, 9.17) is 37.0 Å². The van der Waals surface area contributed by atoms with Crippen LogP contribution in [0.25, 0.3) is 0 Å². The van der Waals surface area contributed by atoms with Crippen LogP contribution in [-0.4, -0.2) is 96.7 Å². The van der Waals surface area contributed by atoms with Gasteiger partial charge in [-0.25, -0.2) is 9.13 Å². The van der Waals surface area contributed by atoms with E-state index in [0.717, 1.165) is 180 Å². The van der Waals surface area contributed by atoms with Crippen LogP contribution in [0.1, 0.15) is 323 Å². The summed E-state index contributed by atoms with van der Waals surface area (Å²) in [5.41, 5.74) is 0. The predicted molar refractivity (Wildman–Crippen MR) is 399 cm³/mol. The van der Waals surface area contributed by atoms with E-state index in [1.807, 2.05) is 0 Å². The van der Waals surface area contributed by atoms with E-state index >= 15 is 0 Å². The van der Waals surface area contributed by atoms with Gasteiger partial charge in [0.2, 0.25) is 0 Å². The highest BCUT2D eigenvalue weighted by atomic mass is 31.2. The van der Waals surface area contributed by atoms with Crippen LogP contribution in [0.4, 0.5) is 0 Å². The van der Waals surface area contributed by atoms with Crippen molar-refractivity contribution in [2.45, 2.75) is 341 Å². The van der Waals surface area contributed by atoms with E-state index in [9.17, 15) is 43.2 Å². The largest absolute Gasteiger partial charge is 0.472 e. The lowest BCUT2D eigenvalue weighted by molar-refractivity contribution is -0.161. The number of carbonyl (C=O) groups is 4. The van der Waals surface area contributed by atoms with Crippen LogP contribution in [0.2, 0.25) is 0 Å². The van der Waals surface area contributed by atoms with Crippen LogP contribution in [0.5, 0.6) is 0 Å². The number of phosphoric ester groups is 2. The smallest absolute Gasteiger partial charge is 0.462 e. The molecule has 98 heavy (non-hydrogen) atoms. The molecule has 0 saturated heterocycles. The molecule has 3 N–H and O–H groups in total. The van der Waals surface area contributed by atoms with E-state index in [-0.39, 0.29) is 25.7 Å². The summed E-state index contributed by atoms with van der Waals surface area (Å²) in [4.78, 5) is 72.8. The maximum atomic E-state index is 13.1. The standard InChI is InChI=1S/C79H138O17P2/c1-5-9-13-17-21-25-29-32-34-35-36-37-39-42-45-48-52-56-60-64-77(82)90-70-75(96-79(84)66-62-58-54-50-46-40-31-27-23-19-15-11-7-3)72-94-98(87,88)92-68-73(80)67-91-97(85,86)93-71-74(95-78(83)65-61-57-53-49-43-28-24-20-16-12-8-4)69-89-76(81)63-59-55-51-47-44-41-38-33-30-26-22-18-14-10-6-2/h9-10,13-14,21-22,25-27,31-34,36-38,73-75,80H,5-8,11-12,15-20,23-24,28-30,35,39-72H2,1-4H3,(H,85,86)(H,87,88)/b13-9-,14-10-,25-21-,26-22-,31-27-,34-32-,37-36-,38-33-. The maximum Gasteiger partial charge on any atom is 0.472 e. The molecule has 17 nitrogen and oxygen atoms in total. The third-order valence-corrected chi connectivity index (χ3v) is 17.9. The van der Waals surface area contributed by atoms with Crippen molar-refractivity contribution in [1.29, 1.82) is 0 Å². The molecule has 0 aliphatic heterocycles. The monoisotopic (exact) mass is 1420 g/mol. The lowest BCUT2D eigenvalue weighted by Crippen LogP contribution is -2.30. The molecule has 5 atom stereocenters. The summed E-state index contributed by atoms with van der Waals surface area (Å²) in [6.07, 6.45) is 74.0. The number of hydrogen-bond acceptors (Lipinski definition) is 15. The Labute approximate surface area is 595 Å². The molecular formula is C79H138O17P2. The Hall–Kier alpha value is -4.02. The van der Waals surface area contributed by atoms with Crippen molar-refractivity contribution in [2.24, 2.45) is 0 Å². The molecule has 19 heteroatoms. The zero-order chi connectivity index (χ0) is 71.8. The van der Waals surface area contributed by atoms with Crippen molar-refractivity contribution in [3.8, 4) is 0 Å². The minimum atomic E-state index is -4.98. The average Bonchev–Trinajstić information content (AvgIpc) is 0.972. The SMILES string of the molecule is CC/C=C\C/C=C\C/C=C\C/C=C\CCCCCCCCC(=O)OCC(COP(=O)(O)OCC(O)COP(=O)(O)OCC(COC(=O)CCCCCCC/C=C\C/C=C\C/C=C\CC)OC(=O)CCCCCCCCCCCCC)OC(=O)CCCCCCC/C=C\CCCCCC. The van der Waals surface area contributed by atoms with E-state index in [2.05, 4.69) is 125 Å². The first-order valence-corrected chi connectivity index (χ1v) is 41.5. The van der Waals surface area contributed by atoms with Crippen molar-refractivity contribution in [1.82, 2.24) is 0 Å². The normalized spacial score (nSPS) is 14.5. The molecule has 0 spiro atoms. The van der Waals surface area contributed by atoms with E-state index in [1.165, 1.54) is 64.2 Å². The quantitative estimate of drug-likeness (QED) is 0.0169. The minimum absolute atomic E-state index is 0.0818. The zero-order valence-corrected chi connectivity index (χ0v) is 63.5. The van der Waals surface area contributed by atoms with Crippen LogP contribution in [0.15, 0.2) is 97.2 Å². The molecule has 0 heterocycles. The molecular weight excluding hydrogens is 1280 g/mol. The number of aliphatic hydroxyl groups excluding tert-OH is 1. The number of aliphatic hydroxyl groups is 1. The highest BCUT2D eigenvalue weighted by Gasteiger charge is 2.30. The Kier molecular flexibility index (Phi) is 68.4. The summed E-state index contributed by atoms with van der Waals surface area (Å²) < 4.78 is 68.4. The van der Waals surface area contributed by atoms with Crippen LogP contribution >= 0.6 is 15.6 Å². The van der Waals surface area contributed by atoms with Gasteiger partial charge in [0.05, 0.1) is 26.4 Å². The molecule has 0 saturated carbocycles. The number of rotatable bonds is 72. The van der Waals surface area contributed by atoms with Gasteiger partial charge in [-0.1, -0.05) is 273 Å². The minimum Gasteiger partial charge on any atom is -0.462 e. The molecule has 0 fully saturated rings. The molecule has 0 rings (SSSR count). The van der Waals surface area contributed by atoms with Gasteiger partial charge in [0.25, 0.3) is 0 Å². The first kappa shape index (κ1) is 94.0. The molecule has 0 aromatic rings. The number of carbonyl (C=O) groups excluding carboxylic acids is 4. The molecule has 0 aromatic heterocycles. The number of phosphoric acid groups is 2. The number of ether oxygens (including phenoxy) is 4.